The van der Waals surface area contributed by atoms with Gasteiger partial charge in [0.1, 0.15) is 5.76 Å². The molecule has 0 spiro atoms. The van der Waals surface area contributed by atoms with Crippen LogP contribution in [0.5, 0.6) is 0 Å². The van der Waals surface area contributed by atoms with E-state index in [0.29, 0.717) is 10.0 Å². The van der Waals surface area contributed by atoms with Gasteiger partial charge in [-0.25, -0.2) is 0 Å². The van der Waals surface area contributed by atoms with Crippen molar-refractivity contribution in [1.82, 2.24) is 0 Å². The number of carbonyl (C=O) groups excluding carboxylic acids is 2. The van der Waals surface area contributed by atoms with Gasteiger partial charge in [-0.2, -0.15) is 0 Å². The fourth-order valence-corrected chi connectivity index (χ4v) is 1.69. The largest absolute Gasteiger partial charge is 0.507 e. The molecule has 0 aromatic heterocycles. The Morgan fingerprint density at radius 1 is 1.14 bits per heavy atom. The van der Waals surface area contributed by atoms with E-state index in [1.54, 1.807) is 12.1 Å². The maximum absolute atomic E-state index is 11.4. The molecule has 2 rings (SSSR count). The molecule has 1 N–H and O–H groups in total. The topological polar surface area (TPSA) is 54.4 Å². The maximum atomic E-state index is 11.4. The zero-order chi connectivity index (χ0) is 10.3. The fraction of sp³-hybridized carbons (Fsp3) is 0. The number of aliphatic hydroxyl groups is 1. The van der Waals surface area contributed by atoms with Crippen molar-refractivity contribution in [3.63, 3.8) is 0 Å². The molecule has 0 aliphatic heterocycles. The molecule has 14 heavy (non-hydrogen) atoms. The van der Waals surface area contributed by atoms with Crippen LogP contribution in [0.2, 0.25) is 0 Å². The van der Waals surface area contributed by atoms with Gasteiger partial charge in [-0.15, -0.1) is 0 Å². The fourth-order valence-electron chi connectivity index (χ4n) is 1.33. The molecule has 3 nitrogen and oxygen atoms in total. The highest BCUT2D eigenvalue weighted by molar-refractivity contribution is 9.10. The summed E-state index contributed by atoms with van der Waals surface area (Å²) in [5, 5.41) is 9.41. The van der Waals surface area contributed by atoms with Crippen LogP contribution in [0.1, 0.15) is 15.9 Å². The lowest BCUT2D eigenvalue weighted by atomic mass is 9.94. The van der Waals surface area contributed by atoms with E-state index < -0.39 is 11.6 Å². The van der Waals surface area contributed by atoms with Crippen LogP contribution in [0.3, 0.4) is 0 Å². The molecule has 70 valence electrons. The molecule has 0 heterocycles. The number of fused-ring (bicyclic) bond motifs is 1. The number of ketones is 2. The van der Waals surface area contributed by atoms with Crippen molar-refractivity contribution in [3.8, 4) is 0 Å². The van der Waals surface area contributed by atoms with Gasteiger partial charge in [-0.05, 0) is 18.2 Å². The Kier molecular flexibility index (Phi) is 2.00. The molecule has 1 aromatic carbocycles. The van der Waals surface area contributed by atoms with Gasteiger partial charge in [-0.1, -0.05) is 15.9 Å². The number of hydrogen-bond acceptors (Lipinski definition) is 3. The van der Waals surface area contributed by atoms with Gasteiger partial charge >= 0.3 is 0 Å². The first-order valence-electron chi connectivity index (χ1n) is 3.89. The van der Waals surface area contributed by atoms with E-state index in [1.165, 1.54) is 6.07 Å². The van der Waals surface area contributed by atoms with Gasteiger partial charge < -0.3 is 5.11 Å². The van der Waals surface area contributed by atoms with Gasteiger partial charge in [0.25, 0.3) is 0 Å². The second kappa shape index (κ2) is 3.06. The van der Waals surface area contributed by atoms with Gasteiger partial charge in [0.15, 0.2) is 0 Å². The predicted molar refractivity (Wildman–Crippen MR) is 54.1 cm³/mol. The predicted octanol–water partition coefficient (Wildman–Crippen LogP) is 2.11. The molecule has 1 aliphatic rings. The SMILES string of the molecule is O=C1C=C(O)c2ccc(Br)cc2C1=O. The van der Waals surface area contributed by atoms with Crippen LogP contribution in [0.4, 0.5) is 0 Å². The summed E-state index contributed by atoms with van der Waals surface area (Å²) in [5.41, 5.74) is 0.641. The average molecular weight is 253 g/mol. The first-order valence-corrected chi connectivity index (χ1v) is 4.68. The molecular weight excluding hydrogens is 248 g/mol. The Balaban J connectivity index is 2.72. The third kappa shape index (κ3) is 1.28. The number of rotatable bonds is 0. The summed E-state index contributed by atoms with van der Waals surface area (Å²) < 4.78 is 0.701. The maximum Gasteiger partial charge on any atom is 0.233 e. The molecule has 0 fully saturated rings. The van der Waals surface area contributed by atoms with Crippen LogP contribution in [0, 0.1) is 0 Å². The minimum atomic E-state index is -0.687. The number of benzene rings is 1. The Labute approximate surface area is 88.2 Å². The van der Waals surface area contributed by atoms with Crippen LogP contribution in [-0.4, -0.2) is 16.7 Å². The lowest BCUT2D eigenvalue weighted by molar-refractivity contribution is -0.111. The lowest BCUT2D eigenvalue weighted by Gasteiger charge is -2.11. The van der Waals surface area contributed by atoms with Crippen LogP contribution in [-0.2, 0) is 4.79 Å². The van der Waals surface area contributed by atoms with E-state index in [2.05, 4.69) is 15.9 Å². The molecule has 4 heteroatoms. The molecule has 0 unspecified atom stereocenters. The van der Waals surface area contributed by atoms with E-state index in [0.717, 1.165) is 6.08 Å². The average Bonchev–Trinajstić information content (AvgIpc) is 2.14. The first kappa shape index (κ1) is 9.15. The van der Waals surface area contributed by atoms with E-state index in [9.17, 15) is 14.7 Å². The summed E-state index contributed by atoms with van der Waals surface area (Å²) in [6, 6.07) is 4.82. The zero-order valence-corrected chi connectivity index (χ0v) is 8.54. The van der Waals surface area contributed by atoms with Gasteiger partial charge in [0.2, 0.25) is 11.6 Å². The highest BCUT2D eigenvalue weighted by atomic mass is 79.9. The molecule has 0 radical (unpaired) electrons. The van der Waals surface area contributed by atoms with Crippen LogP contribution < -0.4 is 0 Å². The normalized spacial score (nSPS) is 15.1. The highest BCUT2D eigenvalue weighted by Gasteiger charge is 2.25. The Bertz CT molecular complexity index is 474. The van der Waals surface area contributed by atoms with E-state index >= 15 is 0 Å². The second-order valence-corrected chi connectivity index (χ2v) is 3.83. The van der Waals surface area contributed by atoms with E-state index in [4.69, 9.17) is 0 Å². The van der Waals surface area contributed by atoms with Crippen molar-refractivity contribution in [3.05, 3.63) is 39.9 Å². The molecule has 1 aliphatic carbocycles. The van der Waals surface area contributed by atoms with Crippen molar-refractivity contribution in [2.75, 3.05) is 0 Å². The standard InChI is InChI=1S/C10H5BrO3/c11-5-1-2-6-7(3-5)10(14)9(13)4-8(6)12/h1-4,12H. The summed E-state index contributed by atoms with van der Waals surface area (Å²) in [6.45, 7) is 0. The molecular formula is C10H5BrO3. The number of allylic oxidation sites excluding steroid dienone is 1. The monoisotopic (exact) mass is 252 g/mol. The minimum absolute atomic E-state index is 0.155. The Hall–Kier alpha value is -1.42. The number of carbonyl (C=O) groups is 2. The molecule has 0 saturated carbocycles. The molecule has 0 bridgehead atoms. The van der Waals surface area contributed by atoms with Gasteiger partial charge in [0.05, 0.1) is 0 Å². The van der Waals surface area contributed by atoms with Gasteiger partial charge in [-0.3, -0.25) is 9.59 Å². The molecule has 1 aromatic rings. The van der Waals surface area contributed by atoms with E-state index in [1.807, 2.05) is 0 Å². The number of halogens is 1. The third-order valence-electron chi connectivity index (χ3n) is 1.99. The van der Waals surface area contributed by atoms with Crippen LogP contribution >= 0.6 is 15.9 Å². The summed E-state index contributed by atoms with van der Waals surface area (Å²) in [5.74, 6) is -1.43. The number of Topliss-reactive ketones (excluding diaryl/α,β-unsaturated/α-hetero) is 1. The quantitative estimate of drug-likeness (QED) is 0.720. The van der Waals surface area contributed by atoms with Crippen LogP contribution in [0.25, 0.3) is 5.76 Å². The molecule has 0 amide bonds. The lowest BCUT2D eigenvalue weighted by Crippen LogP contribution is -2.18. The van der Waals surface area contributed by atoms with Crippen molar-refractivity contribution >= 4 is 33.3 Å². The number of aliphatic hydroxyl groups excluding tert-OH is 1. The van der Waals surface area contributed by atoms with Crippen molar-refractivity contribution in [1.29, 1.82) is 0 Å². The van der Waals surface area contributed by atoms with Crippen molar-refractivity contribution < 1.29 is 14.7 Å². The minimum Gasteiger partial charge on any atom is -0.507 e. The van der Waals surface area contributed by atoms with Gasteiger partial charge in [0, 0.05) is 21.7 Å². The third-order valence-corrected chi connectivity index (χ3v) is 2.49. The summed E-state index contributed by atoms with van der Waals surface area (Å²) >= 11 is 3.19. The number of hydrogen-bond donors (Lipinski definition) is 1. The van der Waals surface area contributed by atoms with E-state index in [-0.39, 0.29) is 11.3 Å². The Morgan fingerprint density at radius 3 is 2.57 bits per heavy atom. The first-order chi connectivity index (χ1) is 6.59. The molecule has 0 atom stereocenters. The Morgan fingerprint density at radius 2 is 1.86 bits per heavy atom. The van der Waals surface area contributed by atoms with Crippen molar-refractivity contribution in [2.45, 2.75) is 0 Å². The second-order valence-electron chi connectivity index (χ2n) is 2.91. The summed E-state index contributed by atoms with van der Waals surface area (Å²) in [4.78, 5) is 22.5. The van der Waals surface area contributed by atoms with Crippen molar-refractivity contribution in [2.24, 2.45) is 0 Å². The summed E-state index contributed by atoms with van der Waals surface area (Å²) in [7, 11) is 0. The highest BCUT2D eigenvalue weighted by Crippen LogP contribution is 2.25. The molecule has 0 saturated heterocycles. The van der Waals surface area contributed by atoms with Crippen LogP contribution in [0.15, 0.2) is 28.7 Å². The zero-order valence-electron chi connectivity index (χ0n) is 6.95. The summed E-state index contributed by atoms with van der Waals surface area (Å²) in [6.07, 6.45) is 0.943. The smallest absolute Gasteiger partial charge is 0.233 e.